The van der Waals surface area contributed by atoms with E-state index in [2.05, 4.69) is 33.4 Å². The lowest BCUT2D eigenvalue weighted by atomic mass is 10.0. The molecule has 0 heterocycles. The smallest absolute Gasteiger partial charge is 0.253 e. The summed E-state index contributed by atoms with van der Waals surface area (Å²) in [5.74, 6) is -0.159. The zero-order chi connectivity index (χ0) is 15.4. The van der Waals surface area contributed by atoms with Gasteiger partial charge in [-0.25, -0.2) is 0 Å². The highest BCUT2D eigenvalue weighted by molar-refractivity contribution is 9.10. The number of carbonyl (C=O) groups excluding carboxylic acids is 1. The number of aryl methyl sites for hydroxylation is 1. The van der Waals surface area contributed by atoms with Crippen molar-refractivity contribution in [3.8, 4) is 0 Å². The SMILES string of the molecule is CCC(NC(=O)c1cc(Br)ccc1Cl)c1ccc(C)cc1. The molecule has 0 saturated carbocycles. The van der Waals surface area contributed by atoms with Gasteiger partial charge in [0, 0.05) is 4.47 Å². The molecule has 1 N–H and O–H groups in total. The second kappa shape index (κ2) is 7.10. The van der Waals surface area contributed by atoms with E-state index in [1.165, 1.54) is 5.56 Å². The van der Waals surface area contributed by atoms with Crippen molar-refractivity contribution in [3.05, 3.63) is 68.7 Å². The number of nitrogens with one attached hydrogen (secondary N) is 1. The molecular formula is C17H17BrClNO. The third kappa shape index (κ3) is 4.08. The van der Waals surface area contributed by atoms with E-state index in [4.69, 9.17) is 11.6 Å². The number of benzene rings is 2. The van der Waals surface area contributed by atoms with E-state index in [1.807, 2.05) is 32.0 Å². The van der Waals surface area contributed by atoms with Gasteiger partial charge >= 0.3 is 0 Å². The predicted octanol–water partition coefficient (Wildman–Crippen LogP) is 5.29. The van der Waals surface area contributed by atoms with Crippen LogP contribution in [0.3, 0.4) is 0 Å². The second-order valence-corrected chi connectivity index (χ2v) is 6.29. The van der Waals surface area contributed by atoms with Crippen molar-refractivity contribution in [2.24, 2.45) is 0 Å². The first-order valence-corrected chi connectivity index (χ1v) is 8.01. The van der Waals surface area contributed by atoms with E-state index in [1.54, 1.807) is 12.1 Å². The second-order valence-electron chi connectivity index (χ2n) is 4.97. The van der Waals surface area contributed by atoms with Crippen molar-refractivity contribution in [3.63, 3.8) is 0 Å². The van der Waals surface area contributed by atoms with Crippen LogP contribution >= 0.6 is 27.5 Å². The highest BCUT2D eigenvalue weighted by Gasteiger charge is 2.16. The summed E-state index contributed by atoms with van der Waals surface area (Å²) < 4.78 is 0.834. The Hall–Kier alpha value is -1.32. The minimum atomic E-state index is -0.159. The molecule has 0 fully saturated rings. The van der Waals surface area contributed by atoms with Crippen molar-refractivity contribution in [1.82, 2.24) is 5.32 Å². The molecule has 0 aliphatic rings. The van der Waals surface area contributed by atoms with Gasteiger partial charge in [0.05, 0.1) is 16.6 Å². The Bertz CT molecular complexity index is 640. The predicted molar refractivity (Wildman–Crippen MR) is 90.8 cm³/mol. The van der Waals surface area contributed by atoms with Crippen LogP contribution in [-0.2, 0) is 0 Å². The van der Waals surface area contributed by atoms with Crippen molar-refractivity contribution in [1.29, 1.82) is 0 Å². The summed E-state index contributed by atoms with van der Waals surface area (Å²) in [5.41, 5.74) is 2.79. The van der Waals surface area contributed by atoms with Gasteiger partial charge in [-0.2, -0.15) is 0 Å². The third-order valence-electron chi connectivity index (χ3n) is 3.37. The Morgan fingerprint density at radius 1 is 1.24 bits per heavy atom. The van der Waals surface area contributed by atoms with Gasteiger partial charge in [-0.15, -0.1) is 0 Å². The number of hydrogen-bond acceptors (Lipinski definition) is 1. The van der Waals surface area contributed by atoms with Gasteiger partial charge in [0.25, 0.3) is 5.91 Å². The van der Waals surface area contributed by atoms with Crippen molar-refractivity contribution >= 4 is 33.4 Å². The largest absolute Gasteiger partial charge is 0.345 e. The maximum atomic E-state index is 12.4. The average molecular weight is 367 g/mol. The Morgan fingerprint density at radius 2 is 1.90 bits per heavy atom. The summed E-state index contributed by atoms with van der Waals surface area (Å²) in [6.07, 6.45) is 0.820. The molecule has 2 rings (SSSR count). The topological polar surface area (TPSA) is 29.1 Å². The first-order valence-electron chi connectivity index (χ1n) is 6.83. The Balaban J connectivity index is 2.20. The molecule has 0 aliphatic carbocycles. The first kappa shape index (κ1) is 16.1. The summed E-state index contributed by atoms with van der Waals surface area (Å²) in [5, 5.41) is 3.50. The highest BCUT2D eigenvalue weighted by atomic mass is 79.9. The molecule has 0 bridgehead atoms. The number of halogens is 2. The molecule has 0 spiro atoms. The molecular weight excluding hydrogens is 350 g/mol. The lowest BCUT2D eigenvalue weighted by Gasteiger charge is -2.18. The zero-order valence-corrected chi connectivity index (χ0v) is 14.3. The van der Waals surface area contributed by atoms with Gasteiger partial charge in [0.15, 0.2) is 0 Å². The van der Waals surface area contributed by atoms with E-state index >= 15 is 0 Å². The molecule has 0 saturated heterocycles. The lowest BCUT2D eigenvalue weighted by Crippen LogP contribution is -2.28. The fourth-order valence-electron chi connectivity index (χ4n) is 2.13. The molecule has 0 radical (unpaired) electrons. The summed E-state index contributed by atoms with van der Waals surface area (Å²) in [6, 6.07) is 13.4. The third-order valence-corrected chi connectivity index (χ3v) is 4.19. The number of rotatable bonds is 4. The summed E-state index contributed by atoms with van der Waals surface area (Å²) in [6.45, 7) is 4.10. The quantitative estimate of drug-likeness (QED) is 0.782. The average Bonchev–Trinajstić information content (AvgIpc) is 2.48. The Labute approximate surface area is 138 Å². The van der Waals surface area contributed by atoms with E-state index in [0.717, 1.165) is 16.5 Å². The van der Waals surface area contributed by atoms with Crippen LogP contribution in [0.25, 0.3) is 0 Å². The monoisotopic (exact) mass is 365 g/mol. The number of hydrogen-bond donors (Lipinski definition) is 1. The Kier molecular flexibility index (Phi) is 5.43. The van der Waals surface area contributed by atoms with Crippen LogP contribution in [0.4, 0.5) is 0 Å². The number of amides is 1. The van der Waals surface area contributed by atoms with Crippen LogP contribution in [0.15, 0.2) is 46.9 Å². The van der Waals surface area contributed by atoms with Gasteiger partial charge in [0.2, 0.25) is 0 Å². The fourth-order valence-corrected chi connectivity index (χ4v) is 2.69. The van der Waals surface area contributed by atoms with Crippen LogP contribution in [-0.4, -0.2) is 5.91 Å². The van der Waals surface area contributed by atoms with E-state index in [9.17, 15) is 4.79 Å². The van der Waals surface area contributed by atoms with Crippen molar-refractivity contribution < 1.29 is 4.79 Å². The lowest BCUT2D eigenvalue weighted by molar-refractivity contribution is 0.0935. The van der Waals surface area contributed by atoms with Crippen LogP contribution in [0.5, 0.6) is 0 Å². The fraction of sp³-hybridized carbons (Fsp3) is 0.235. The van der Waals surface area contributed by atoms with Gasteiger partial charge < -0.3 is 5.32 Å². The molecule has 2 aromatic carbocycles. The molecule has 0 aliphatic heterocycles. The first-order chi connectivity index (χ1) is 10.0. The van der Waals surface area contributed by atoms with Crippen LogP contribution in [0, 0.1) is 6.92 Å². The molecule has 2 nitrogen and oxygen atoms in total. The highest BCUT2D eigenvalue weighted by Crippen LogP contribution is 2.23. The van der Waals surface area contributed by atoms with Gasteiger partial charge in [0.1, 0.15) is 0 Å². The normalized spacial score (nSPS) is 12.0. The maximum absolute atomic E-state index is 12.4. The summed E-state index contributed by atoms with van der Waals surface area (Å²) in [4.78, 5) is 12.4. The van der Waals surface area contributed by atoms with Crippen LogP contribution in [0.2, 0.25) is 5.02 Å². The van der Waals surface area contributed by atoms with Crippen LogP contribution in [0.1, 0.15) is 40.9 Å². The van der Waals surface area contributed by atoms with E-state index < -0.39 is 0 Å². The molecule has 110 valence electrons. The zero-order valence-electron chi connectivity index (χ0n) is 12.0. The molecule has 1 atom stereocenters. The number of carbonyl (C=O) groups is 1. The maximum Gasteiger partial charge on any atom is 0.253 e. The minimum absolute atomic E-state index is 0.0202. The molecule has 4 heteroatoms. The van der Waals surface area contributed by atoms with Crippen molar-refractivity contribution in [2.45, 2.75) is 26.3 Å². The van der Waals surface area contributed by atoms with E-state index in [-0.39, 0.29) is 11.9 Å². The Morgan fingerprint density at radius 3 is 2.52 bits per heavy atom. The van der Waals surface area contributed by atoms with Gasteiger partial charge in [-0.05, 0) is 37.1 Å². The van der Waals surface area contributed by atoms with Crippen molar-refractivity contribution in [2.75, 3.05) is 0 Å². The minimum Gasteiger partial charge on any atom is -0.345 e. The molecule has 21 heavy (non-hydrogen) atoms. The summed E-state index contributed by atoms with van der Waals surface area (Å²) in [7, 11) is 0. The molecule has 1 unspecified atom stereocenters. The molecule has 0 aromatic heterocycles. The standard InChI is InChI=1S/C17H17BrClNO/c1-3-16(12-6-4-11(2)5-7-12)20-17(21)14-10-13(18)8-9-15(14)19/h4-10,16H,3H2,1-2H3,(H,20,21). The molecule has 2 aromatic rings. The van der Waals surface area contributed by atoms with Crippen LogP contribution < -0.4 is 5.32 Å². The van der Waals surface area contributed by atoms with Gasteiger partial charge in [-0.3, -0.25) is 4.79 Å². The summed E-state index contributed by atoms with van der Waals surface area (Å²) >= 11 is 9.46. The van der Waals surface area contributed by atoms with E-state index in [0.29, 0.717) is 10.6 Å². The molecule has 1 amide bonds. The van der Waals surface area contributed by atoms with Gasteiger partial charge in [-0.1, -0.05) is 64.3 Å².